The maximum atomic E-state index is 12.2. The van der Waals surface area contributed by atoms with Crippen molar-refractivity contribution in [2.24, 2.45) is 0 Å². The zero-order valence-electron chi connectivity index (χ0n) is 16.3. The minimum Gasteiger partial charge on any atom is -0.378 e. The quantitative estimate of drug-likeness (QED) is 0.230. The normalized spacial score (nSPS) is 14.5. The Bertz CT molecular complexity index is 410. The van der Waals surface area contributed by atoms with Crippen LogP contribution >= 0.6 is 15.2 Å². The molecule has 26 heavy (non-hydrogen) atoms. The van der Waals surface area contributed by atoms with Crippen LogP contribution in [0.4, 0.5) is 0 Å². The van der Waals surface area contributed by atoms with Crippen molar-refractivity contribution in [3.05, 3.63) is 0 Å². The molecule has 0 aliphatic rings. The summed E-state index contributed by atoms with van der Waals surface area (Å²) < 4.78 is 60.5. The van der Waals surface area contributed by atoms with E-state index in [4.69, 9.17) is 32.3 Å². The largest absolute Gasteiger partial charge is 0.378 e. The summed E-state index contributed by atoms with van der Waals surface area (Å²) in [7, 11) is -4.71. The van der Waals surface area contributed by atoms with Gasteiger partial charge in [0.15, 0.2) is 0 Å². The van der Waals surface area contributed by atoms with Crippen molar-refractivity contribution >= 4 is 15.2 Å². The van der Waals surface area contributed by atoms with Crippen molar-refractivity contribution in [2.75, 3.05) is 78.9 Å². The van der Waals surface area contributed by atoms with E-state index >= 15 is 0 Å². The van der Waals surface area contributed by atoms with Gasteiger partial charge in [0.05, 0.1) is 71.8 Å². The Kier molecular flexibility index (Phi) is 16.3. The summed E-state index contributed by atoms with van der Waals surface area (Å²) in [6.07, 6.45) is 0.428. The van der Waals surface area contributed by atoms with E-state index in [2.05, 4.69) is 0 Å². The molecule has 158 valence electrons. The summed E-state index contributed by atoms with van der Waals surface area (Å²) in [6, 6.07) is 0. The van der Waals surface area contributed by atoms with Gasteiger partial charge >= 0.3 is 15.2 Å². The summed E-state index contributed by atoms with van der Waals surface area (Å²) in [5.74, 6) is 0. The first kappa shape index (κ1) is 26.2. The van der Waals surface area contributed by atoms with Crippen LogP contribution in [-0.2, 0) is 41.4 Å². The zero-order valence-corrected chi connectivity index (χ0v) is 18.1. The minimum absolute atomic E-state index is 0.209. The van der Waals surface area contributed by atoms with E-state index in [0.717, 1.165) is 0 Å². The fourth-order valence-corrected chi connectivity index (χ4v) is 4.50. The summed E-state index contributed by atoms with van der Waals surface area (Å²) in [5, 5.41) is 0. The molecule has 0 N–H and O–H groups in total. The van der Waals surface area contributed by atoms with Crippen molar-refractivity contribution in [2.45, 2.75) is 20.8 Å². The van der Waals surface area contributed by atoms with Gasteiger partial charge in [-0.2, -0.15) is 0 Å². The molecular weight excluding hydrogens is 386 g/mol. The molecule has 0 amide bonds. The molecular formula is C15H34O9P2. The van der Waals surface area contributed by atoms with E-state index in [0.29, 0.717) is 46.2 Å². The Balaban J connectivity index is 3.57. The van der Waals surface area contributed by atoms with Gasteiger partial charge in [-0.05, 0) is 20.8 Å². The molecule has 0 aromatic heterocycles. The van der Waals surface area contributed by atoms with E-state index in [1.807, 2.05) is 0 Å². The Hall–Kier alpha value is 0.180. The first-order valence-corrected chi connectivity index (χ1v) is 12.3. The lowest BCUT2D eigenvalue weighted by Gasteiger charge is -2.16. The molecule has 0 aliphatic heterocycles. The molecule has 0 radical (unpaired) electrons. The van der Waals surface area contributed by atoms with Gasteiger partial charge in [-0.25, -0.2) is 0 Å². The molecule has 0 saturated heterocycles. The molecule has 0 aromatic carbocycles. The fraction of sp³-hybridized carbons (Fsp3) is 1.00. The van der Waals surface area contributed by atoms with Crippen LogP contribution in [0.2, 0.25) is 0 Å². The maximum Gasteiger partial charge on any atom is 0.332 e. The predicted molar refractivity (Wildman–Crippen MR) is 99.3 cm³/mol. The van der Waals surface area contributed by atoms with Gasteiger partial charge in [0.1, 0.15) is 0 Å². The van der Waals surface area contributed by atoms with Crippen LogP contribution in [0.1, 0.15) is 20.8 Å². The van der Waals surface area contributed by atoms with Crippen LogP contribution in [0.3, 0.4) is 0 Å². The zero-order chi connectivity index (χ0) is 19.7. The van der Waals surface area contributed by atoms with Gasteiger partial charge in [0.25, 0.3) is 0 Å². The van der Waals surface area contributed by atoms with Gasteiger partial charge in [0, 0.05) is 7.11 Å². The number of hydrogen-bond donors (Lipinski definition) is 0. The second kappa shape index (κ2) is 16.2. The van der Waals surface area contributed by atoms with Crippen molar-refractivity contribution in [3.63, 3.8) is 0 Å². The Labute approximate surface area is 157 Å². The van der Waals surface area contributed by atoms with Crippen LogP contribution in [-0.4, -0.2) is 78.9 Å². The smallest absolute Gasteiger partial charge is 0.332 e. The van der Waals surface area contributed by atoms with Crippen molar-refractivity contribution in [3.8, 4) is 0 Å². The van der Waals surface area contributed by atoms with Crippen molar-refractivity contribution < 1.29 is 41.4 Å². The second-order valence-corrected chi connectivity index (χ2v) is 9.42. The lowest BCUT2D eigenvalue weighted by Crippen LogP contribution is -2.13. The first-order chi connectivity index (χ1) is 12.4. The summed E-state index contributed by atoms with van der Waals surface area (Å²) >= 11 is 0. The average molecular weight is 420 g/mol. The number of ether oxygens (including phenoxy) is 3. The van der Waals surface area contributed by atoms with Crippen LogP contribution in [0, 0.1) is 0 Å². The van der Waals surface area contributed by atoms with E-state index in [-0.39, 0.29) is 25.5 Å². The molecule has 0 rings (SSSR count). The predicted octanol–water partition coefficient (Wildman–Crippen LogP) is 3.18. The molecule has 0 fully saturated rings. The molecule has 0 heterocycles. The molecule has 0 saturated carbocycles. The highest BCUT2D eigenvalue weighted by Gasteiger charge is 2.23. The Morgan fingerprint density at radius 1 is 0.577 bits per heavy atom. The van der Waals surface area contributed by atoms with Crippen molar-refractivity contribution in [1.29, 1.82) is 0 Å². The summed E-state index contributed by atoms with van der Waals surface area (Å²) in [4.78, 5) is 0. The van der Waals surface area contributed by atoms with Gasteiger partial charge in [-0.3, -0.25) is 9.13 Å². The van der Waals surface area contributed by atoms with Gasteiger partial charge in [0.2, 0.25) is 0 Å². The third-order valence-corrected chi connectivity index (χ3v) is 6.99. The van der Waals surface area contributed by atoms with Crippen molar-refractivity contribution in [1.82, 2.24) is 0 Å². The average Bonchev–Trinajstić information content (AvgIpc) is 2.60. The van der Waals surface area contributed by atoms with E-state index in [1.165, 1.54) is 7.11 Å². The van der Waals surface area contributed by atoms with Gasteiger partial charge < -0.3 is 32.3 Å². The summed E-state index contributed by atoms with van der Waals surface area (Å²) in [6.45, 7) is 8.40. The highest BCUT2D eigenvalue weighted by Crippen LogP contribution is 2.47. The topological polar surface area (TPSA) is 98.8 Å². The van der Waals surface area contributed by atoms with Gasteiger partial charge in [-0.15, -0.1) is 0 Å². The summed E-state index contributed by atoms with van der Waals surface area (Å²) in [5.41, 5.74) is 0. The highest BCUT2D eigenvalue weighted by molar-refractivity contribution is 7.54. The lowest BCUT2D eigenvalue weighted by molar-refractivity contribution is 0.0188. The SMILES string of the molecule is CCOP(=O)(CCOCCOCCOCCP(=O)(OCC)OCC)OC. The molecule has 0 bridgehead atoms. The number of hydrogen-bond acceptors (Lipinski definition) is 9. The first-order valence-electron chi connectivity index (χ1n) is 8.86. The maximum absolute atomic E-state index is 12.2. The van der Waals surface area contributed by atoms with Crippen LogP contribution in [0.25, 0.3) is 0 Å². The molecule has 0 aliphatic carbocycles. The Morgan fingerprint density at radius 3 is 1.31 bits per heavy atom. The molecule has 1 unspecified atom stereocenters. The monoisotopic (exact) mass is 420 g/mol. The molecule has 11 heteroatoms. The van der Waals surface area contributed by atoms with Gasteiger partial charge in [-0.1, -0.05) is 0 Å². The van der Waals surface area contributed by atoms with E-state index in [9.17, 15) is 9.13 Å². The minimum atomic E-state index is -3.04. The highest BCUT2D eigenvalue weighted by atomic mass is 31.2. The van der Waals surface area contributed by atoms with Crippen LogP contribution in [0.5, 0.6) is 0 Å². The third kappa shape index (κ3) is 13.4. The van der Waals surface area contributed by atoms with Crippen LogP contribution < -0.4 is 0 Å². The van der Waals surface area contributed by atoms with E-state index < -0.39 is 15.2 Å². The Morgan fingerprint density at radius 2 is 0.923 bits per heavy atom. The molecule has 0 aromatic rings. The standard InChI is InChI=1S/C15H34O9P2/c1-5-22-25(16,18-4)14-12-20-10-8-19-9-11-21-13-15-26(17,23-6-2)24-7-3/h5-15H2,1-4H3. The van der Waals surface area contributed by atoms with E-state index in [1.54, 1.807) is 20.8 Å². The lowest BCUT2D eigenvalue weighted by atomic mass is 10.7. The number of rotatable bonds is 19. The molecule has 9 nitrogen and oxygen atoms in total. The van der Waals surface area contributed by atoms with Crippen LogP contribution in [0.15, 0.2) is 0 Å². The third-order valence-electron chi connectivity index (χ3n) is 3.02. The second-order valence-electron chi connectivity index (χ2n) is 4.94. The molecule has 1 atom stereocenters. The molecule has 0 spiro atoms. The fourth-order valence-electron chi connectivity index (χ4n) is 1.86.